The number of nitrogens with zero attached hydrogens (tertiary/aromatic N) is 1. The van der Waals surface area contributed by atoms with Crippen molar-refractivity contribution < 1.29 is 4.79 Å². The maximum Gasteiger partial charge on any atom is 0.224 e. The molecule has 0 aromatic heterocycles. The zero-order chi connectivity index (χ0) is 10.1. The van der Waals surface area contributed by atoms with Crippen LogP contribution in [0.5, 0.6) is 0 Å². The summed E-state index contributed by atoms with van der Waals surface area (Å²) in [6.07, 6.45) is 6.47. The molecule has 0 radical (unpaired) electrons. The summed E-state index contributed by atoms with van der Waals surface area (Å²) >= 11 is 0. The maximum absolute atomic E-state index is 11.1. The molecule has 0 heterocycles. The monoisotopic (exact) mass is 180 g/mol. The van der Waals surface area contributed by atoms with Crippen molar-refractivity contribution in [2.45, 2.75) is 26.7 Å². The van der Waals surface area contributed by atoms with Crippen molar-refractivity contribution in [3.8, 4) is 0 Å². The number of allylic oxidation sites excluding steroid dienone is 2. The molecule has 0 aliphatic heterocycles. The van der Waals surface area contributed by atoms with Gasteiger partial charge in [-0.05, 0) is 26.1 Å². The summed E-state index contributed by atoms with van der Waals surface area (Å²) in [5, 5.41) is 2.75. The smallest absolute Gasteiger partial charge is 0.224 e. The van der Waals surface area contributed by atoms with Crippen molar-refractivity contribution in [2.75, 3.05) is 0 Å². The summed E-state index contributed by atoms with van der Waals surface area (Å²) in [5.74, 6) is 0.0318. The molecule has 0 rings (SSSR count). The Morgan fingerprint density at radius 2 is 2.31 bits per heavy atom. The van der Waals surface area contributed by atoms with Crippen molar-refractivity contribution in [2.24, 2.45) is 4.99 Å². The minimum atomic E-state index is 0.0318. The van der Waals surface area contributed by atoms with E-state index >= 15 is 0 Å². The highest BCUT2D eigenvalue weighted by Crippen LogP contribution is 1.94. The van der Waals surface area contributed by atoms with Crippen molar-refractivity contribution in [1.29, 1.82) is 0 Å². The number of amides is 1. The van der Waals surface area contributed by atoms with Crippen LogP contribution in [0.3, 0.4) is 0 Å². The second kappa shape index (κ2) is 7.28. The van der Waals surface area contributed by atoms with Crippen molar-refractivity contribution in [1.82, 2.24) is 5.32 Å². The third kappa shape index (κ3) is 5.84. The first-order valence-electron chi connectivity index (χ1n) is 4.33. The van der Waals surface area contributed by atoms with Crippen LogP contribution in [-0.4, -0.2) is 12.6 Å². The lowest BCUT2D eigenvalue weighted by Crippen LogP contribution is -2.20. The van der Waals surface area contributed by atoms with Gasteiger partial charge >= 0.3 is 0 Å². The van der Waals surface area contributed by atoms with Gasteiger partial charge in [-0.15, -0.1) is 0 Å². The first-order valence-corrected chi connectivity index (χ1v) is 4.33. The van der Waals surface area contributed by atoms with Crippen LogP contribution in [0.2, 0.25) is 0 Å². The third-order valence-electron chi connectivity index (χ3n) is 1.43. The Balaban J connectivity index is 4.06. The summed E-state index contributed by atoms with van der Waals surface area (Å²) in [6, 6.07) is 0. The van der Waals surface area contributed by atoms with Crippen molar-refractivity contribution in [3.63, 3.8) is 0 Å². The Morgan fingerprint density at radius 3 is 2.77 bits per heavy atom. The first-order chi connectivity index (χ1) is 6.24. The first kappa shape index (κ1) is 11.6. The highest BCUT2D eigenvalue weighted by atomic mass is 16.1. The minimum absolute atomic E-state index is 0.0318. The van der Waals surface area contributed by atoms with Crippen molar-refractivity contribution in [3.05, 3.63) is 24.0 Å². The normalized spacial score (nSPS) is 11.7. The fourth-order valence-corrected chi connectivity index (χ4v) is 0.794. The molecular weight excluding hydrogens is 164 g/mol. The van der Waals surface area contributed by atoms with E-state index in [1.807, 2.05) is 19.9 Å². The molecule has 0 aliphatic carbocycles. The largest absolute Gasteiger partial charge is 0.326 e. The number of carbonyl (C=O) groups is 1. The lowest BCUT2D eigenvalue weighted by Gasteiger charge is -2.03. The van der Waals surface area contributed by atoms with Crippen LogP contribution < -0.4 is 5.32 Å². The number of aliphatic imine (C=N–C) groups is 1. The molecule has 1 N–H and O–H groups in total. The van der Waals surface area contributed by atoms with Gasteiger partial charge in [0.1, 0.15) is 0 Å². The highest BCUT2D eigenvalue weighted by molar-refractivity contribution is 5.78. The lowest BCUT2D eigenvalue weighted by molar-refractivity contribution is -0.120. The average Bonchev–Trinajstić information content (AvgIpc) is 2.12. The number of hydrogen-bond acceptors (Lipinski definition) is 2. The Bertz CT molecular complexity index is 229. The fourth-order valence-electron chi connectivity index (χ4n) is 0.794. The Kier molecular flexibility index (Phi) is 6.51. The molecule has 13 heavy (non-hydrogen) atoms. The van der Waals surface area contributed by atoms with Gasteiger partial charge in [0.15, 0.2) is 0 Å². The number of nitrogens with one attached hydrogen (secondary N) is 1. The second-order valence-corrected chi connectivity index (χ2v) is 2.54. The van der Waals surface area contributed by atoms with Gasteiger partial charge < -0.3 is 5.32 Å². The van der Waals surface area contributed by atoms with E-state index < -0.39 is 0 Å². The maximum atomic E-state index is 11.1. The van der Waals surface area contributed by atoms with E-state index in [4.69, 9.17) is 0 Å². The summed E-state index contributed by atoms with van der Waals surface area (Å²) in [7, 11) is 0. The zero-order valence-electron chi connectivity index (χ0n) is 8.21. The quantitative estimate of drug-likeness (QED) is 0.510. The van der Waals surface area contributed by atoms with Gasteiger partial charge in [-0.1, -0.05) is 13.0 Å². The van der Waals surface area contributed by atoms with Gasteiger partial charge in [-0.25, -0.2) is 0 Å². The van der Waals surface area contributed by atoms with E-state index in [9.17, 15) is 4.79 Å². The van der Waals surface area contributed by atoms with Crippen LogP contribution in [0, 0.1) is 0 Å². The second-order valence-electron chi connectivity index (χ2n) is 2.54. The molecule has 0 unspecified atom stereocenters. The summed E-state index contributed by atoms with van der Waals surface area (Å²) in [6.45, 7) is 7.13. The average molecular weight is 180 g/mol. The SMILES string of the molecule is C=N/C=C\C(=C/C)NC(=O)CCC. The molecule has 0 saturated carbocycles. The molecule has 0 aromatic carbocycles. The topological polar surface area (TPSA) is 41.5 Å². The molecule has 0 bridgehead atoms. The highest BCUT2D eigenvalue weighted by Gasteiger charge is 1.98. The fraction of sp³-hybridized carbons (Fsp3) is 0.400. The molecule has 0 aliphatic rings. The van der Waals surface area contributed by atoms with E-state index in [0.717, 1.165) is 12.1 Å². The summed E-state index contributed by atoms with van der Waals surface area (Å²) in [4.78, 5) is 14.7. The molecule has 0 aromatic rings. The predicted molar refractivity (Wildman–Crippen MR) is 55.5 cm³/mol. The van der Waals surface area contributed by atoms with Crippen LogP contribution in [0.25, 0.3) is 0 Å². The predicted octanol–water partition coefficient (Wildman–Crippen LogP) is 2.02. The van der Waals surface area contributed by atoms with Gasteiger partial charge in [0.2, 0.25) is 5.91 Å². The van der Waals surface area contributed by atoms with E-state index in [-0.39, 0.29) is 5.91 Å². The molecule has 0 atom stereocenters. The molecule has 3 heteroatoms. The number of hydrogen-bond donors (Lipinski definition) is 1. The molecule has 72 valence electrons. The van der Waals surface area contributed by atoms with E-state index in [1.165, 1.54) is 0 Å². The van der Waals surface area contributed by atoms with Gasteiger partial charge in [-0.2, -0.15) is 0 Å². The lowest BCUT2D eigenvalue weighted by atomic mass is 10.3. The van der Waals surface area contributed by atoms with Crippen LogP contribution in [-0.2, 0) is 4.79 Å². The van der Waals surface area contributed by atoms with Gasteiger partial charge in [0, 0.05) is 18.3 Å². The van der Waals surface area contributed by atoms with Gasteiger partial charge in [-0.3, -0.25) is 9.79 Å². The molecule has 1 amide bonds. The molecular formula is C10H16N2O. The Morgan fingerprint density at radius 1 is 1.62 bits per heavy atom. The molecule has 0 saturated heterocycles. The van der Waals surface area contributed by atoms with Crippen molar-refractivity contribution >= 4 is 12.6 Å². The number of carbonyl (C=O) groups excluding carboxylic acids is 1. The zero-order valence-corrected chi connectivity index (χ0v) is 8.21. The van der Waals surface area contributed by atoms with Gasteiger partial charge in [0.25, 0.3) is 0 Å². The van der Waals surface area contributed by atoms with Crippen LogP contribution in [0.15, 0.2) is 29.0 Å². The molecule has 0 fully saturated rings. The van der Waals surface area contributed by atoms with Crippen LogP contribution in [0.1, 0.15) is 26.7 Å². The molecule has 3 nitrogen and oxygen atoms in total. The molecule has 0 spiro atoms. The Labute approximate surface area is 79.3 Å². The third-order valence-corrected chi connectivity index (χ3v) is 1.43. The van der Waals surface area contributed by atoms with E-state index in [1.54, 1.807) is 12.3 Å². The van der Waals surface area contributed by atoms with Gasteiger partial charge in [0.05, 0.1) is 0 Å². The minimum Gasteiger partial charge on any atom is -0.326 e. The summed E-state index contributed by atoms with van der Waals surface area (Å²) in [5.41, 5.74) is 0.755. The van der Waals surface area contributed by atoms with Crippen LogP contribution >= 0.6 is 0 Å². The van der Waals surface area contributed by atoms with E-state index in [2.05, 4.69) is 17.0 Å². The number of rotatable bonds is 5. The van der Waals surface area contributed by atoms with E-state index in [0.29, 0.717) is 6.42 Å². The summed E-state index contributed by atoms with van der Waals surface area (Å²) < 4.78 is 0. The standard InChI is InChI=1S/C10H16N2O/c1-4-6-10(13)12-9(5-2)7-8-11-3/h5,7-8H,3-4,6H2,1-2H3,(H,12,13)/b8-7-,9-5+. The Hall–Kier alpha value is -1.38. The van der Waals surface area contributed by atoms with Crippen LogP contribution in [0.4, 0.5) is 0 Å².